The molecule has 0 saturated carbocycles. The van der Waals surface area contributed by atoms with E-state index in [0.717, 1.165) is 5.56 Å². The molecule has 0 spiro atoms. The quantitative estimate of drug-likeness (QED) is 0.770. The summed E-state index contributed by atoms with van der Waals surface area (Å²) in [5, 5.41) is 1.19. The molecule has 0 heterocycles. The first kappa shape index (κ1) is 12.3. The highest BCUT2D eigenvalue weighted by Gasteiger charge is 2.04. The highest BCUT2D eigenvalue weighted by atomic mass is 35.5. The maximum absolute atomic E-state index is 6.02. The van der Waals surface area contributed by atoms with Crippen molar-refractivity contribution < 1.29 is 4.74 Å². The molecule has 88 valence electrons. The second kappa shape index (κ2) is 5.44. The summed E-state index contributed by atoms with van der Waals surface area (Å²) in [5.41, 5.74) is 2.34. The number of hydrogen-bond donors (Lipinski definition) is 0. The fourth-order valence-corrected chi connectivity index (χ4v) is 1.85. The maximum Gasteiger partial charge on any atom is 0.139 e. The van der Waals surface area contributed by atoms with Gasteiger partial charge in [0.25, 0.3) is 0 Å². The number of aryl methyl sites for hydroxylation is 1. The van der Waals surface area contributed by atoms with Gasteiger partial charge in [0.05, 0.1) is 5.02 Å². The Kier molecular flexibility index (Phi) is 3.93. The van der Waals surface area contributed by atoms with Gasteiger partial charge in [-0.2, -0.15) is 0 Å². The molecule has 0 saturated heterocycles. The van der Waals surface area contributed by atoms with Crippen LogP contribution in [0, 0.1) is 6.92 Å². The molecule has 2 aromatic rings. The van der Waals surface area contributed by atoms with E-state index in [1.165, 1.54) is 5.56 Å². The number of halogens is 2. The molecule has 0 aliphatic rings. The summed E-state index contributed by atoms with van der Waals surface area (Å²) in [6, 6.07) is 13.3. The van der Waals surface area contributed by atoms with Crippen LogP contribution < -0.4 is 4.74 Å². The zero-order valence-corrected chi connectivity index (χ0v) is 10.9. The molecule has 0 fully saturated rings. The summed E-state index contributed by atoms with van der Waals surface area (Å²) >= 11 is 11.9. The molecule has 0 atom stereocenters. The molecule has 0 radical (unpaired) electrons. The molecule has 17 heavy (non-hydrogen) atoms. The van der Waals surface area contributed by atoms with Crippen LogP contribution in [0.4, 0.5) is 0 Å². The van der Waals surface area contributed by atoms with E-state index >= 15 is 0 Å². The van der Waals surface area contributed by atoms with Crippen LogP contribution in [0.15, 0.2) is 42.5 Å². The van der Waals surface area contributed by atoms with Crippen molar-refractivity contribution in [1.82, 2.24) is 0 Å². The topological polar surface area (TPSA) is 9.23 Å². The van der Waals surface area contributed by atoms with Gasteiger partial charge in [0, 0.05) is 11.1 Å². The molecular formula is C14H12Cl2O. The third-order valence-electron chi connectivity index (χ3n) is 2.54. The molecule has 2 aromatic carbocycles. The van der Waals surface area contributed by atoms with Crippen LogP contribution >= 0.6 is 23.2 Å². The first-order valence-electron chi connectivity index (χ1n) is 5.29. The van der Waals surface area contributed by atoms with Gasteiger partial charge in [-0.05, 0) is 30.2 Å². The van der Waals surface area contributed by atoms with Crippen LogP contribution in [0.1, 0.15) is 11.1 Å². The Morgan fingerprint density at radius 3 is 2.59 bits per heavy atom. The monoisotopic (exact) mass is 266 g/mol. The van der Waals surface area contributed by atoms with Crippen LogP contribution in [-0.2, 0) is 6.61 Å². The van der Waals surface area contributed by atoms with Crippen molar-refractivity contribution in [2.75, 3.05) is 0 Å². The average molecular weight is 267 g/mol. The Morgan fingerprint density at radius 1 is 1.06 bits per heavy atom. The third-order valence-corrected chi connectivity index (χ3v) is 3.09. The van der Waals surface area contributed by atoms with E-state index in [1.54, 1.807) is 18.2 Å². The maximum atomic E-state index is 6.02. The third kappa shape index (κ3) is 3.15. The largest absolute Gasteiger partial charge is 0.487 e. The van der Waals surface area contributed by atoms with Gasteiger partial charge < -0.3 is 4.74 Å². The molecule has 1 nitrogen and oxygen atoms in total. The highest BCUT2D eigenvalue weighted by molar-refractivity contribution is 6.34. The normalized spacial score (nSPS) is 10.3. The molecule has 0 unspecified atom stereocenters. The average Bonchev–Trinajstić information content (AvgIpc) is 2.32. The lowest BCUT2D eigenvalue weighted by Gasteiger charge is -2.10. The second-order valence-corrected chi connectivity index (χ2v) is 4.63. The van der Waals surface area contributed by atoms with Crippen molar-refractivity contribution in [3.8, 4) is 5.75 Å². The van der Waals surface area contributed by atoms with Crippen molar-refractivity contribution >= 4 is 23.2 Å². The van der Waals surface area contributed by atoms with Gasteiger partial charge in [-0.1, -0.05) is 47.5 Å². The minimum atomic E-state index is 0.493. The fraction of sp³-hybridized carbons (Fsp3) is 0.143. The zero-order chi connectivity index (χ0) is 12.3. The minimum absolute atomic E-state index is 0.493. The summed E-state index contributed by atoms with van der Waals surface area (Å²) in [7, 11) is 0. The van der Waals surface area contributed by atoms with Gasteiger partial charge in [0.1, 0.15) is 12.4 Å². The lowest BCUT2D eigenvalue weighted by Crippen LogP contribution is -1.98. The molecule has 0 N–H and O–H groups in total. The predicted octanol–water partition coefficient (Wildman–Crippen LogP) is 4.88. The van der Waals surface area contributed by atoms with Crippen LogP contribution in [-0.4, -0.2) is 0 Å². The first-order chi connectivity index (χ1) is 8.16. The van der Waals surface area contributed by atoms with Gasteiger partial charge in [-0.15, -0.1) is 0 Å². The number of rotatable bonds is 3. The molecule has 0 aliphatic heterocycles. The SMILES string of the molecule is Cc1ccccc1COc1cc(Cl)ccc1Cl. The minimum Gasteiger partial charge on any atom is -0.487 e. The van der Waals surface area contributed by atoms with E-state index in [0.29, 0.717) is 22.4 Å². The van der Waals surface area contributed by atoms with Gasteiger partial charge in [-0.25, -0.2) is 0 Å². The zero-order valence-electron chi connectivity index (χ0n) is 9.41. The summed E-state index contributed by atoms with van der Waals surface area (Å²) in [6.45, 7) is 2.55. The molecule has 0 aromatic heterocycles. The van der Waals surface area contributed by atoms with E-state index in [1.807, 2.05) is 18.2 Å². The molecule has 0 amide bonds. The lowest BCUT2D eigenvalue weighted by molar-refractivity contribution is 0.305. The Hall–Kier alpha value is -1.18. The molecular weight excluding hydrogens is 255 g/mol. The van der Waals surface area contributed by atoms with Crippen LogP contribution in [0.25, 0.3) is 0 Å². The van der Waals surface area contributed by atoms with Crippen molar-refractivity contribution in [3.63, 3.8) is 0 Å². The number of hydrogen-bond acceptors (Lipinski definition) is 1. The van der Waals surface area contributed by atoms with Gasteiger partial charge in [-0.3, -0.25) is 0 Å². The van der Waals surface area contributed by atoms with Gasteiger partial charge >= 0.3 is 0 Å². The second-order valence-electron chi connectivity index (χ2n) is 3.79. The molecule has 3 heteroatoms. The Balaban J connectivity index is 2.12. The van der Waals surface area contributed by atoms with E-state index in [9.17, 15) is 0 Å². The summed E-state index contributed by atoms with van der Waals surface area (Å²) < 4.78 is 5.67. The first-order valence-corrected chi connectivity index (χ1v) is 6.05. The van der Waals surface area contributed by atoms with Crippen molar-refractivity contribution in [2.24, 2.45) is 0 Å². The summed E-state index contributed by atoms with van der Waals surface area (Å²) in [4.78, 5) is 0. The summed E-state index contributed by atoms with van der Waals surface area (Å²) in [5.74, 6) is 0.613. The van der Waals surface area contributed by atoms with Crippen LogP contribution in [0.3, 0.4) is 0 Å². The number of ether oxygens (including phenoxy) is 1. The smallest absolute Gasteiger partial charge is 0.139 e. The molecule has 0 bridgehead atoms. The lowest BCUT2D eigenvalue weighted by atomic mass is 10.1. The van der Waals surface area contributed by atoms with Gasteiger partial charge in [0.2, 0.25) is 0 Å². The Morgan fingerprint density at radius 2 is 1.82 bits per heavy atom. The fourth-order valence-electron chi connectivity index (χ4n) is 1.52. The van der Waals surface area contributed by atoms with E-state index in [-0.39, 0.29) is 0 Å². The standard InChI is InChI=1S/C14H12Cl2O/c1-10-4-2-3-5-11(10)9-17-14-8-12(15)6-7-13(14)16/h2-8H,9H2,1H3. The molecule has 2 rings (SSSR count). The van der Waals surface area contributed by atoms with Crippen LogP contribution in [0.2, 0.25) is 10.0 Å². The van der Waals surface area contributed by atoms with Crippen molar-refractivity contribution in [3.05, 3.63) is 63.6 Å². The van der Waals surface area contributed by atoms with Crippen LogP contribution in [0.5, 0.6) is 5.75 Å². The summed E-state index contributed by atoms with van der Waals surface area (Å²) in [6.07, 6.45) is 0. The Bertz CT molecular complexity index is 523. The van der Waals surface area contributed by atoms with Crippen molar-refractivity contribution in [2.45, 2.75) is 13.5 Å². The van der Waals surface area contributed by atoms with E-state index in [4.69, 9.17) is 27.9 Å². The van der Waals surface area contributed by atoms with E-state index < -0.39 is 0 Å². The molecule has 0 aliphatic carbocycles. The van der Waals surface area contributed by atoms with Gasteiger partial charge in [0.15, 0.2) is 0 Å². The number of benzene rings is 2. The highest BCUT2D eigenvalue weighted by Crippen LogP contribution is 2.28. The predicted molar refractivity (Wildman–Crippen MR) is 72.0 cm³/mol. The van der Waals surface area contributed by atoms with Crippen molar-refractivity contribution in [1.29, 1.82) is 0 Å². The Labute approximate surface area is 111 Å². The van der Waals surface area contributed by atoms with E-state index in [2.05, 4.69) is 13.0 Å².